The van der Waals surface area contributed by atoms with Crippen molar-refractivity contribution in [3.63, 3.8) is 0 Å². The summed E-state index contributed by atoms with van der Waals surface area (Å²) in [5.41, 5.74) is 0.979. The fourth-order valence-corrected chi connectivity index (χ4v) is 3.08. The molecule has 0 unspecified atom stereocenters. The van der Waals surface area contributed by atoms with Crippen LogP contribution < -0.4 is 5.32 Å². The molecule has 1 N–H and O–H groups in total. The predicted octanol–water partition coefficient (Wildman–Crippen LogP) is 3.30. The van der Waals surface area contributed by atoms with Gasteiger partial charge < -0.3 is 14.6 Å². The summed E-state index contributed by atoms with van der Waals surface area (Å²) in [5, 5.41) is 4.16. The number of aromatic nitrogens is 1. The smallest absolute Gasteiger partial charge is 0.170 e. The van der Waals surface area contributed by atoms with Gasteiger partial charge in [-0.25, -0.2) is 0 Å². The van der Waals surface area contributed by atoms with Gasteiger partial charge in [0.05, 0.1) is 18.0 Å². The van der Waals surface area contributed by atoms with Gasteiger partial charge >= 0.3 is 0 Å². The Morgan fingerprint density at radius 2 is 2.19 bits per heavy atom. The molecule has 3 heterocycles. The SMILES string of the molecule is CC(C)CN1C(=S)N[C@H](c2ccccn2)[C@H]1c1ccco1. The average Bonchev–Trinajstić information content (AvgIpc) is 3.08. The van der Waals surface area contributed by atoms with E-state index in [1.54, 1.807) is 6.26 Å². The lowest BCUT2D eigenvalue weighted by Crippen LogP contribution is -2.32. The number of furan rings is 1. The van der Waals surface area contributed by atoms with Crippen LogP contribution in [0.15, 0.2) is 47.2 Å². The molecule has 2 atom stereocenters. The van der Waals surface area contributed by atoms with Crippen LogP contribution in [0.1, 0.15) is 37.4 Å². The van der Waals surface area contributed by atoms with Gasteiger partial charge in [-0.1, -0.05) is 19.9 Å². The van der Waals surface area contributed by atoms with Crippen LogP contribution in [-0.4, -0.2) is 21.5 Å². The van der Waals surface area contributed by atoms with E-state index >= 15 is 0 Å². The Morgan fingerprint density at radius 3 is 2.81 bits per heavy atom. The van der Waals surface area contributed by atoms with Crippen LogP contribution in [0.25, 0.3) is 0 Å². The second-order valence-corrected chi connectivity index (χ2v) is 6.07. The summed E-state index contributed by atoms with van der Waals surface area (Å²) in [7, 11) is 0. The van der Waals surface area contributed by atoms with Crippen LogP contribution in [0.4, 0.5) is 0 Å². The highest BCUT2D eigenvalue weighted by atomic mass is 32.1. The number of nitrogens with one attached hydrogen (secondary N) is 1. The summed E-state index contributed by atoms with van der Waals surface area (Å²) >= 11 is 5.53. The summed E-state index contributed by atoms with van der Waals surface area (Å²) in [6.45, 7) is 5.27. The lowest BCUT2D eigenvalue weighted by Gasteiger charge is -2.27. The van der Waals surface area contributed by atoms with Crippen molar-refractivity contribution >= 4 is 17.3 Å². The van der Waals surface area contributed by atoms with E-state index in [1.165, 1.54) is 0 Å². The van der Waals surface area contributed by atoms with Crippen molar-refractivity contribution in [2.24, 2.45) is 5.92 Å². The van der Waals surface area contributed by atoms with E-state index in [4.69, 9.17) is 16.6 Å². The second-order valence-electron chi connectivity index (χ2n) is 5.69. The molecule has 0 spiro atoms. The maximum absolute atomic E-state index is 5.66. The monoisotopic (exact) mass is 301 g/mol. The van der Waals surface area contributed by atoms with Crippen molar-refractivity contribution in [2.45, 2.75) is 25.9 Å². The lowest BCUT2D eigenvalue weighted by atomic mass is 10.0. The Bertz CT molecular complexity index is 597. The maximum Gasteiger partial charge on any atom is 0.170 e. The van der Waals surface area contributed by atoms with Crippen LogP contribution in [0, 0.1) is 5.92 Å². The number of hydrogen-bond acceptors (Lipinski definition) is 3. The van der Waals surface area contributed by atoms with E-state index in [9.17, 15) is 0 Å². The third kappa shape index (κ3) is 2.78. The molecule has 2 aromatic heterocycles. The number of nitrogens with zero attached hydrogens (tertiary/aromatic N) is 2. The first-order valence-corrected chi connectivity index (χ1v) is 7.59. The Balaban J connectivity index is 1.98. The number of rotatable bonds is 4. The molecule has 0 aromatic carbocycles. The summed E-state index contributed by atoms with van der Waals surface area (Å²) in [5.74, 6) is 1.43. The number of pyridine rings is 1. The Labute approximate surface area is 130 Å². The Hall–Kier alpha value is -1.88. The molecule has 4 nitrogen and oxygen atoms in total. The minimum atomic E-state index is 0.0172. The highest BCUT2D eigenvalue weighted by molar-refractivity contribution is 7.80. The third-order valence-electron chi connectivity index (χ3n) is 3.59. The zero-order valence-electron chi connectivity index (χ0n) is 12.2. The van der Waals surface area contributed by atoms with Crippen molar-refractivity contribution in [1.82, 2.24) is 15.2 Å². The van der Waals surface area contributed by atoms with Crippen molar-refractivity contribution in [2.75, 3.05) is 6.54 Å². The normalized spacial score (nSPS) is 21.9. The van der Waals surface area contributed by atoms with E-state index in [0.717, 1.165) is 23.1 Å². The van der Waals surface area contributed by atoms with Crippen molar-refractivity contribution < 1.29 is 4.42 Å². The van der Waals surface area contributed by atoms with Gasteiger partial charge in [0.2, 0.25) is 0 Å². The molecule has 1 aliphatic rings. The van der Waals surface area contributed by atoms with Crippen molar-refractivity contribution in [3.8, 4) is 0 Å². The molecular formula is C16H19N3OS. The van der Waals surface area contributed by atoms with Crippen molar-refractivity contribution in [3.05, 3.63) is 54.2 Å². The van der Waals surface area contributed by atoms with E-state index in [2.05, 4.69) is 29.0 Å². The zero-order valence-corrected chi connectivity index (χ0v) is 13.0. The summed E-state index contributed by atoms with van der Waals surface area (Å²) in [4.78, 5) is 6.68. The first kappa shape index (κ1) is 14.1. The van der Waals surface area contributed by atoms with E-state index in [1.807, 2.05) is 36.5 Å². The molecule has 110 valence electrons. The van der Waals surface area contributed by atoms with E-state index in [-0.39, 0.29) is 12.1 Å². The molecule has 0 bridgehead atoms. The first-order chi connectivity index (χ1) is 10.2. The van der Waals surface area contributed by atoms with Gasteiger partial charge in [-0.2, -0.15) is 0 Å². The molecule has 0 aliphatic carbocycles. The van der Waals surface area contributed by atoms with Gasteiger partial charge in [-0.05, 0) is 42.4 Å². The quantitative estimate of drug-likeness (QED) is 0.878. The fourth-order valence-electron chi connectivity index (χ4n) is 2.76. The van der Waals surface area contributed by atoms with Gasteiger partial charge in [0.15, 0.2) is 5.11 Å². The molecular weight excluding hydrogens is 282 g/mol. The van der Waals surface area contributed by atoms with Gasteiger partial charge in [0.25, 0.3) is 0 Å². The molecule has 0 saturated carbocycles. The van der Waals surface area contributed by atoms with Crippen LogP contribution in [0.5, 0.6) is 0 Å². The van der Waals surface area contributed by atoms with Gasteiger partial charge in [0.1, 0.15) is 11.8 Å². The zero-order chi connectivity index (χ0) is 14.8. The molecule has 0 radical (unpaired) electrons. The summed E-state index contributed by atoms with van der Waals surface area (Å²) < 4.78 is 5.66. The molecule has 2 aromatic rings. The molecule has 1 fully saturated rings. The highest BCUT2D eigenvalue weighted by Crippen LogP contribution is 2.38. The van der Waals surface area contributed by atoms with Crippen LogP contribution >= 0.6 is 12.2 Å². The van der Waals surface area contributed by atoms with Crippen molar-refractivity contribution in [1.29, 1.82) is 0 Å². The molecule has 1 aliphatic heterocycles. The number of hydrogen-bond donors (Lipinski definition) is 1. The Morgan fingerprint density at radius 1 is 1.33 bits per heavy atom. The van der Waals surface area contributed by atoms with E-state index < -0.39 is 0 Å². The third-order valence-corrected chi connectivity index (χ3v) is 3.95. The topological polar surface area (TPSA) is 41.3 Å². The number of thiocarbonyl (C=S) groups is 1. The minimum Gasteiger partial charge on any atom is -0.467 e. The lowest BCUT2D eigenvalue weighted by molar-refractivity contribution is 0.252. The summed E-state index contributed by atoms with van der Waals surface area (Å²) in [6.07, 6.45) is 3.52. The first-order valence-electron chi connectivity index (χ1n) is 7.18. The molecule has 0 amide bonds. The maximum atomic E-state index is 5.66. The van der Waals surface area contributed by atoms with Gasteiger partial charge in [0, 0.05) is 12.7 Å². The van der Waals surface area contributed by atoms with Crippen LogP contribution in [0.3, 0.4) is 0 Å². The van der Waals surface area contributed by atoms with E-state index in [0.29, 0.717) is 5.92 Å². The average molecular weight is 301 g/mol. The Kier molecular flexibility index (Phi) is 3.92. The van der Waals surface area contributed by atoms with Crippen LogP contribution in [0.2, 0.25) is 0 Å². The minimum absolute atomic E-state index is 0.0172. The molecule has 5 heteroatoms. The second kappa shape index (κ2) is 5.85. The molecule has 3 rings (SSSR count). The van der Waals surface area contributed by atoms with Crippen LogP contribution in [-0.2, 0) is 0 Å². The van der Waals surface area contributed by atoms with Gasteiger partial charge in [-0.15, -0.1) is 0 Å². The largest absolute Gasteiger partial charge is 0.467 e. The predicted molar refractivity (Wildman–Crippen MR) is 85.7 cm³/mol. The van der Waals surface area contributed by atoms with Gasteiger partial charge in [-0.3, -0.25) is 4.98 Å². The standard InChI is InChI=1S/C16H19N3OS/c1-11(2)10-19-15(13-7-5-9-20-13)14(18-16(19)21)12-6-3-4-8-17-12/h3-9,11,14-15H,10H2,1-2H3,(H,18,21)/t14-,15-/m1/s1. The molecule has 1 saturated heterocycles. The summed E-state index contributed by atoms with van der Waals surface area (Å²) in [6, 6.07) is 9.92. The highest BCUT2D eigenvalue weighted by Gasteiger charge is 2.41. The fraction of sp³-hybridized carbons (Fsp3) is 0.375. The molecule has 21 heavy (non-hydrogen) atoms.